The van der Waals surface area contributed by atoms with Crippen LogP contribution in [0.5, 0.6) is 5.75 Å². The first-order valence-corrected chi connectivity index (χ1v) is 12.1. The summed E-state index contributed by atoms with van der Waals surface area (Å²) < 4.78 is 6.65. The minimum atomic E-state index is -0.854. The Labute approximate surface area is 224 Å². The standard InChI is InChI=1S/C25H16BrCl3N2O4/c1-13-2-5-17(27)11-21(13)31-24(33)18(23(32)30-25(31)34)10-15-9-16(26)4-7-22(15)35-12-14-3-6-19(28)20(29)8-14/h2-11H,12H2,1H3,(H,30,32,34)/b18-10+. The van der Waals surface area contributed by atoms with E-state index in [1.165, 1.54) is 12.1 Å². The van der Waals surface area contributed by atoms with Gasteiger partial charge in [-0.3, -0.25) is 14.9 Å². The van der Waals surface area contributed by atoms with E-state index in [9.17, 15) is 14.4 Å². The van der Waals surface area contributed by atoms with Crippen molar-refractivity contribution in [2.45, 2.75) is 13.5 Å². The Morgan fingerprint density at radius 3 is 2.49 bits per heavy atom. The Kier molecular flexibility index (Phi) is 7.52. The Morgan fingerprint density at radius 2 is 1.74 bits per heavy atom. The molecule has 4 rings (SSSR count). The molecule has 0 atom stereocenters. The van der Waals surface area contributed by atoms with Crippen molar-refractivity contribution in [2.24, 2.45) is 0 Å². The van der Waals surface area contributed by atoms with Crippen LogP contribution in [0.15, 0.2) is 64.6 Å². The van der Waals surface area contributed by atoms with E-state index >= 15 is 0 Å². The molecule has 1 aliphatic heterocycles. The molecule has 0 spiro atoms. The molecule has 0 aromatic heterocycles. The fourth-order valence-corrected chi connectivity index (χ4v) is 4.28. The van der Waals surface area contributed by atoms with Gasteiger partial charge in [-0.15, -0.1) is 0 Å². The lowest BCUT2D eigenvalue weighted by Crippen LogP contribution is -2.54. The Hall–Kier alpha value is -2.84. The van der Waals surface area contributed by atoms with Gasteiger partial charge in [-0.2, -0.15) is 0 Å². The van der Waals surface area contributed by atoms with Gasteiger partial charge in [0.05, 0.1) is 15.7 Å². The fraction of sp³-hybridized carbons (Fsp3) is 0.0800. The van der Waals surface area contributed by atoms with E-state index in [-0.39, 0.29) is 17.9 Å². The van der Waals surface area contributed by atoms with Crippen molar-refractivity contribution in [2.75, 3.05) is 4.90 Å². The van der Waals surface area contributed by atoms with Gasteiger partial charge in [0.25, 0.3) is 11.8 Å². The molecule has 0 radical (unpaired) electrons. The van der Waals surface area contributed by atoms with E-state index in [1.54, 1.807) is 55.5 Å². The zero-order chi connectivity index (χ0) is 25.3. The molecule has 1 heterocycles. The number of carbonyl (C=O) groups excluding carboxylic acids is 3. The maximum Gasteiger partial charge on any atom is 0.335 e. The third-order valence-corrected chi connectivity index (χ3v) is 6.63. The van der Waals surface area contributed by atoms with E-state index in [0.717, 1.165) is 10.5 Å². The normalized spacial score (nSPS) is 14.9. The lowest BCUT2D eigenvalue weighted by molar-refractivity contribution is -0.122. The van der Waals surface area contributed by atoms with Crippen LogP contribution in [-0.4, -0.2) is 17.8 Å². The minimum Gasteiger partial charge on any atom is -0.488 e. The first kappa shape index (κ1) is 25.3. The van der Waals surface area contributed by atoms with Crippen molar-refractivity contribution in [1.29, 1.82) is 0 Å². The number of rotatable bonds is 5. The fourth-order valence-electron chi connectivity index (χ4n) is 3.41. The summed E-state index contributed by atoms with van der Waals surface area (Å²) in [6, 6.07) is 14.3. The first-order valence-electron chi connectivity index (χ1n) is 10.2. The summed E-state index contributed by atoms with van der Waals surface area (Å²) in [4.78, 5) is 39.4. The lowest BCUT2D eigenvalue weighted by atomic mass is 10.0. The third-order valence-electron chi connectivity index (χ3n) is 5.16. The van der Waals surface area contributed by atoms with Crippen LogP contribution in [0.3, 0.4) is 0 Å². The van der Waals surface area contributed by atoms with Crippen molar-refractivity contribution >= 4 is 80.3 Å². The minimum absolute atomic E-state index is 0.168. The highest BCUT2D eigenvalue weighted by atomic mass is 79.9. The molecule has 3 aromatic carbocycles. The molecule has 3 aromatic rings. The number of nitrogens with zero attached hydrogens (tertiary/aromatic N) is 1. The second-order valence-corrected chi connectivity index (χ2v) is 9.77. The molecule has 1 fully saturated rings. The summed E-state index contributed by atoms with van der Waals surface area (Å²) in [5.41, 5.74) is 1.92. The molecule has 0 unspecified atom stereocenters. The number of nitrogens with one attached hydrogen (secondary N) is 1. The van der Waals surface area contributed by atoms with Gasteiger partial charge >= 0.3 is 6.03 Å². The van der Waals surface area contributed by atoms with Crippen molar-refractivity contribution in [1.82, 2.24) is 5.32 Å². The van der Waals surface area contributed by atoms with Gasteiger partial charge in [0.1, 0.15) is 17.9 Å². The summed E-state index contributed by atoms with van der Waals surface area (Å²) in [5, 5.41) is 3.39. The molecule has 1 saturated heterocycles. The van der Waals surface area contributed by atoms with Crippen LogP contribution < -0.4 is 15.0 Å². The number of benzene rings is 3. The maximum absolute atomic E-state index is 13.3. The number of halogens is 4. The summed E-state index contributed by atoms with van der Waals surface area (Å²) in [6.45, 7) is 1.90. The topological polar surface area (TPSA) is 75.7 Å². The van der Waals surface area contributed by atoms with E-state index in [2.05, 4.69) is 21.2 Å². The van der Waals surface area contributed by atoms with Crippen LogP contribution >= 0.6 is 50.7 Å². The number of hydrogen-bond donors (Lipinski definition) is 1. The van der Waals surface area contributed by atoms with Crippen molar-refractivity contribution in [3.63, 3.8) is 0 Å². The second kappa shape index (κ2) is 10.4. The van der Waals surface area contributed by atoms with Crippen molar-refractivity contribution in [3.8, 4) is 5.75 Å². The monoisotopic (exact) mass is 592 g/mol. The number of urea groups is 1. The van der Waals surface area contributed by atoms with Gasteiger partial charge in [-0.1, -0.05) is 62.9 Å². The van der Waals surface area contributed by atoms with Gasteiger partial charge in [-0.05, 0) is 66.6 Å². The molecule has 10 heteroatoms. The van der Waals surface area contributed by atoms with Crippen LogP contribution in [-0.2, 0) is 16.2 Å². The highest BCUT2D eigenvalue weighted by Crippen LogP contribution is 2.31. The number of amides is 4. The van der Waals surface area contributed by atoms with Gasteiger partial charge in [0.2, 0.25) is 0 Å². The Balaban J connectivity index is 1.69. The summed E-state index contributed by atoms with van der Waals surface area (Å²) in [6.07, 6.45) is 1.38. The van der Waals surface area contributed by atoms with Crippen LogP contribution in [0.4, 0.5) is 10.5 Å². The number of imide groups is 2. The van der Waals surface area contributed by atoms with Crippen LogP contribution in [0.2, 0.25) is 15.1 Å². The van der Waals surface area contributed by atoms with Crippen LogP contribution in [0.1, 0.15) is 16.7 Å². The number of hydrogen-bond acceptors (Lipinski definition) is 4. The summed E-state index contributed by atoms with van der Waals surface area (Å²) in [5.74, 6) is -1.18. The molecule has 0 saturated carbocycles. The quantitative estimate of drug-likeness (QED) is 0.256. The van der Waals surface area contributed by atoms with E-state index < -0.39 is 17.8 Å². The molecular weight excluding hydrogens is 579 g/mol. The maximum atomic E-state index is 13.3. The van der Waals surface area contributed by atoms with E-state index in [4.69, 9.17) is 39.5 Å². The lowest BCUT2D eigenvalue weighted by Gasteiger charge is -2.27. The number of carbonyl (C=O) groups is 3. The van der Waals surface area contributed by atoms with Gasteiger partial charge in [0.15, 0.2) is 0 Å². The molecule has 1 aliphatic rings. The van der Waals surface area contributed by atoms with Crippen LogP contribution in [0.25, 0.3) is 6.08 Å². The predicted octanol–water partition coefficient (Wildman–Crippen LogP) is 6.96. The van der Waals surface area contributed by atoms with Crippen LogP contribution in [0, 0.1) is 6.92 Å². The van der Waals surface area contributed by atoms with Gasteiger partial charge in [0, 0.05) is 15.1 Å². The second-order valence-electron chi connectivity index (χ2n) is 7.61. The molecule has 4 amide bonds. The molecular formula is C25H16BrCl3N2O4. The molecule has 0 aliphatic carbocycles. The van der Waals surface area contributed by atoms with E-state index in [1.807, 2.05) is 0 Å². The largest absolute Gasteiger partial charge is 0.488 e. The number of anilines is 1. The predicted molar refractivity (Wildman–Crippen MR) is 140 cm³/mol. The number of ether oxygens (including phenoxy) is 1. The molecule has 35 heavy (non-hydrogen) atoms. The van der Waals surface area contributed by atoms with Crippen molar-refractivity contribution < 1.29 is 19.1 Å². The Bertz CT molecular complexity index is 1410. The molecule has 1 N–H and O–H groups in total. The van der Waals surface area contributed by atoms with Gasteiger partial charge in [-0.25, -0.2) is 9.69 Å². The summed E-state index contributed by atoms with van der Waals surface area (Å²) >= 11 is 21.5. The summed E-state index contributed by atoms with van der Waals surface area (Å²) in [7, 11) is 0. The third kappa shape index (κ3) is 5.54. The molecule has 178 valence electrons. The molecule has 0 bridgehead atoms. The average Bonchev–Trinajstić information content (AvgIpc) is 2.80. The first-order chi connectivity index (χ1) is 16.6. The van der Waals surface area contributed by atoms with Crippen molar-refractivity contribution in [3.05, 3.63) is 96.4 Å². The average molecular weight is 595 g/mol. The molecule has 6 nitrogen and oxygen atoms in total. The highest BCUT2D eigenvalue weighted by Gasteiger charge is 2.37. The number of barbiturate groups is 1. The van der Waals surface area contributed by atoms with Gasteiger partial charge < -0.3 is 4.74 Å². The zero-order valence-electron chi connectivity index (χ0n) is 18.1. The zero-order valence-corrected chi connectivity index (χ0v) is 21.9. The van der Waals surface area contributed by atoms with E-state index in [0.29, 0.717) is 36.4 Å². The smallest absolute Gasteiger partial charge is 0.335 e. The SMILES string of the molecule is Cc1ccc(Cl)cc1N1C(=O)NC(=O)/C(=C\c2cc(Br)ccc2OCc2ccc(Cl)c(Cl)c2)C1=O. The number of aryl methyl sites for hydroxylation is 1. The Morgan fingerprint density at radius 1 is 0.971 bits per heavy atom. The highest BCUT2D eigenvalue weighted by molar-refractivity contribution is 9.10.